The van der Waals surface area contributed by atoms with Gasteiger partial charge < -0.3 is 10.3 Å². The lowest BCUT2D eigenvalue weighted by molar-refractivity contribution is -0.476. The van der Waals surface area contributed by atoms with Crippen molar-refractivity contribution in [2.24, 2.45) is 0 Å². The first kappa shape index (κ1) is 12.1. The molecule has 0 atom stereocenters. The van der Waals surface area contributed by atoms with Crippen LogP contribution in [0, 0.1) is 5.21 Å². The van der Waals surface area contributed by atoms with E-state index in [2.05, 4.69) is 0 Å². The minimum absolute atomic E-state index is 0.182. The third-order valence-corrected chi connectivity index (χ3v) is 3.33. The van der Waals surface area contributed by atoms with Crippen molar-refractivity contribution in [3.8, 4) is 0 Å². The lowest BCUT2D eigenvalue weighted by Crippen LogP contribution is -2.39. The van der Waals surface area contributed by atoms with Gasteiger partial charge in [0, 0.05) is 5.56 Å². The molecule has 1 aromatic carbocycles. The zero-order chi connectivity index (χ0) is 12.1. The lowest BCUT2D eigenvalue weighted by Gasteiger charge is -2.30. The first-order valence-corrected chi connectivity index (χ1v) is 6.24. The van der Waals surface area contributed by atoms with Gasteiger partial charge in [-0.1, -0.05) is 37.5 Å². The predicted octanol–water partition coefficient (Wildman–Crippen LogP) is 2.31. The van der Waals surface area contributed by atoms with E-state index in [0.717, 1.165) is 36.0 Å². The number of nitrogens with zero attached hydrogens (tertiary/aromatic N) is 1. The van der Waals surface area contributed by atoms with Crippen LogP contribution in [0.2, 0.25) is 0 Å². The van der Waals surface area contributed by atoms with E-state index in [0.29, 0.717) is 0 Å². The molecule has 0 amide bonds. The molecule has 1 fully saturated rings. The summed E-state index contributed by atoms with van der Waals surface area (Å²) >= 11 is 0. The van der Waals surface area contributed by atoms with Crippen molar-refractivity contribution in [1.82, 2.24) is 0 Å². The van der Waals surface area contributed by atoms with Gasteiger partial charge in [0.25, 0.3) is 0 Å². The van der Waals surface area contributed by atoms with Gasteiger partial charge in [-0.15, -0.1) is 0 Å². The zero-order valence-corrected chi connectivity index (χ0v) is 10.0. The number of benzene rings is 1. The van der Waals surface area contributed by atoms with Crippen LogP contribution in [-0.2, 0) is 0 Å². The van der Waals surface area contributed by atoms with Crippen molar-refractivity contribution in [3.63, 3.8) is 0 Å². The number of hydrogen-bond acceptors (Lipinski definition) is 2. The second-order valence-corrected chi connectivity index (χ2v) is 4.90. The van der Waals surface area contributed by atoms with Gasteiger partial charge in [0.2, 0.25) is 0 Å². The molecule has 1 saturated carbocycles. The Kier molecular flexibility index (Phi) is 3.79. The van der Waals surface area contributed by atoms with Crippen LogP contribution in [0.3, 0.4) is 0 Å². The van der Waals surface area contributed by atoms with Gasteiger partial charge in [-0.2, -0.15) is 0 Å². The Hall–Kier alpha value is -1.35. The average Bonchev–Trinajstić information content (AvgIpc) is 2.30. The van der Waals surface area contributed by atoms with Crippen LogP contribution >= 0.6 is 0 Å². The summed E-state index contributed by atoms with van der Waals surface area (Å²) in [5, 5.41) is 22.0. The van der Waals surface area contributed by atoms with E-state index in [1.807, 2.05) is 30.3 Å². The molecule has 0 unspecified atom stereocenters. The second kappa shape index (κ2) is 5.32. The third kappa shape index (κ3) is 3.56. The summed E-state index contributed by atoms with van der Waals surface area (Å²) < 4.78 is 0.862. The second-order valence-electron chi connectivity index (χ2n) is 4.90. The highest BCUT2D eigenvalue weighted by Crippen LogP contribution is 2.27. The SMILES string of the molecule is [O-]/[N+](=C/c1ccccc1)CC1(O)CCCCC1. The first-order valence-electron chi connectivity index (χ1n) is 6.24. The van der Waals surface area contributed by atoms with E-state index >= 15 is 0 Å². The quantitative estimate of drug-likeness (QED) is 0.377. The Morgan fingerprint density at radius 3 is 2.47 bits per heavy atom. The Labute approximate surface area is 102 Å². The molecule has 17 heavy (non-hydrogen) atoms. The maximum atomic E-state index is 11.8. The summed E-state index contributed by atoms with van der Waals surface area (Å²) in [6, 6.07) is 9.48. The average molecular weight is 233 g/mol. The molecule has 0 radical (unpaired) electrons. The molecule has 1 aliphatic carbocycles. The van der Waals surface area contributed by atoms with Gasteiger partial charge in [0.15, 0.2) is 12.8 Å². The fourth-order valence-corrected chi connectivity index (χ4v) is 2.41. The highest BCUT2D eigenvalue weighted by Gasteiger charge is 2.32. The van der Waals surface area contributed by atoms with E-state index in [4.69, 9.17) is 0 Å². The molecular formula is C14H19NO2. The number of rotatable bonds is 3. The van der Waals surface area contributed by atoms with Crippen LogP contribution in [0.1, 0.15) is 37.7 Å². The summed E-state index contributed by atoms with van der Waals surface area (Å²) in [5.74, 6) is 0. The summed E-state index contributed by atoms with van der Waals surface area (Å²) in [6.07, 6.45) is 6.25. The molecular weight excluding hydrogens is 214 g/mol. The van der Waals surface area contributed by atoms with Gasteiger partial charge in [-0.3, -0.25) is 0 Å². The molecule has 0 aliphatic heterocycles. The number of hydrogen-bond donors (Lipinski definition) is 1. The molecule has 0 saturated heterocycles. The van der Waals surface area contributed by atoms with Crippen molar-refractivity contribution in [3.05, 3.63) is 41.1 Å². The highest BCUT2D eigenvalue weighted by molar-refractivity contribution is 5.75. The third-order valence-electron chi connectivity index (χ3n) is 3.33. The minimum Gasteiger partial charge on any atom is -0.624 e. The van der Waals surface area contributed by atoms with E-state index in [-0.39, 0.29) is 6.54 Å². The van der Waals surface area contributed by atoms with E-state index in [9.17, 15) is 10.3 Å². The molecule has 0 spiro atoms. The van der Waals surface area contributed by atoms with Crippen LogP contribution in [0.5, 0.6) is 0 Å². The summed E-state index contributed by atoms with van der Waals surface area (Å²) in [4.78, 5) is 0. The monoisotopic (exact) mass is 233 g/mol. The molecule has 1 aromatic rings. The highest BCUT2D eigenvalue weighted by atomic mass is 16.5. The van der Waals surface area contributed by atoms with Crippen LogP contribution < -0.4 is 0 Å². The molecule has 1 N–H and O–H groups in total. The first-order chi connectivity index (χ1) is 8.18. The van der Waals surface area contributed by atoms with Crippen molar-refractivity contribution in [2.45, 2.75) is 37.7 Å². The van der Waals surface area contributed by atoms with Gasteiger partial charge >= 0.3 is 0 Å². The van der Waals surface area contributed by atoms with Gasteiger partial charge in [0.1, 0.15) is 5.60 Å². The van der Waals surface area contributed by atoms with Crippen molar-refractivity contribution in [2.75, 3.05) is 6.54 Å². The smallest absolute Gasteiger partial charge is 0.181 e. The molecule has 1 aliphatic rings. The topological polar surface area (TPSA) is 46.3 Å². The zero-order valence-electron chi connectivity index (χ0n) is 10.0. The van der Waals surface area contributed by atoms with E-state index in [1.165, 1.54) is 6.42 Å². The molecule has 3 nitrogen and oxygen atoms in total. The molecule has 92 valence electrons. The van der Waals surface area contributed by atoms with Gasteiger partial charge in [-0.25, -0.2) is 4.74 Å². The summed E-state index contributed by atoms with van der Waals surface area (Å²) in [7, 11) is 0. The summed E-state index contributed by atoms with van der Waals surface area (Å²) in [5.41, 5.74) is 0.0903. The largest absolute Gasteiger partial charge is 0.624 e. The number of aliphatic hydroxyl groups is 1. The Balaban J connectivity index is 2.01. The minimum atomic E-state index is -0.786. The van der Waals surface area contributed by atoms with Crippen molar-refractivity contribution < 1.29 is 9.85 Å². The molecule has 0 heterocycles. The Bertz CT molecular complexity index is 380. The molecule has 0 aromatic heterocycles. The van der Waals surface area contributed by atoms with Crippen LogP contribution in [0.15, 0.2) is 30.3 Å². The fraction of sp³-hybridized carbons (Fsp3) is 0.500. The maximum absolute atomic E-state index is 11.8. The van der Waals surface area contributed by atoms with Crippen LogP contribution in [0.4, 0.5) is 0 Å². The van der Waals surface area contributed by atoms with Gasteiger partial charge in [-0.05, 0) is 25.0 Å². The Morgan fingerprint density at radius 1 is 1.18 bits per heavy atom. The normalized spacial score (nSPS) is 20.2. The molecule has 0 bridgehead atoms. The number of hydroxylamine groups is 1. The van der Waals surface area contributed by atoms with Gasteiger partial charge in [0.05, 0.1) is 0 Å². The maximum Gasteiger partial charge on any atom is 0.181 e. The van der Waals surface area contributed by atoms with Crippen LogP contribution in [-0.4, -0.2) is 28.2 Å². The lowest BCUT2D eigenvalue weighted by atomic mass is 9.85. The predicted molar refractivity (Wildman–Crippen MR) is 68.1 cm³/mol. The fourth-order valence-electron chi connectivity index (χ4n) is 2.41. The Morgan fingerprint density at radius 2 is 1.82 bits per heavy atom. The van der Waals surface area contributed by atoms with Crippen LogP contribution in [0.25, 0.3) is 0 Å². The van der Waals surface area contributed by atoms with Crippen molar-refractivity contribution in [1.29, 1.82) is 0 Å². The van der Waals surface area contributed by atoms with E-state index in [1.54, 1.807) is 6.21 Å². The molecule has 3 heteroatoms. The van der Waals surface area contributed by atoms with Crippen molar-refractivity contribution >= 4 is 6.21 Å². The van der Waals surface area contributed by atoms with E-state index < -0.39 is 5.60 Å². The molecule has 2 rings (SSSR count). The summed E-state index contributed by atoms with van der Waals surface area (Å²) in [6.45, 7) is 0.182. The standard InChI is InChI=1S/C14H19NO2/c16-14(9-5-2-6-10-14)12-15(17)11-13-7-3-1-4-8-13/h1,3-4,7-8,11,16H,2,5-6,9-10,12H2/b15-11+.